The molecule has 0 amide bonds. The first-order valence-electron chi connectivity index (χ1n) is 6.61. The number of hydrogen-bond acceptors (Lipinski definition) is 3. The largest absolute Gasteiger partial charge is 0.481 e. The molecule has 2 aromatic rings. The first-order chi connectivity index (χ1) is 9.92. The van der Waals surface area contributed by atoms with Gasteiger partial charge in [-0.15, -0.1) is 0 Å². The monoisotopic (exact) mass is 280 g/mol. The Bertz CT molecular complexity index is 680. The highest BCUT2D eigenvalue weighted by Gasteiger charge is 2.19. The number of rotatable bonds is 4. The summed E-state index contributed by atoms with van der Waals surface area (Å²) in [6, 6.07) is 13.5. The number of nitriles is 1. The van der Waals surface area contributed by atoms with E-state index < -0.39 is 11.4 Å². The van der Waals surface area contributed by atoms with Crippen LogP contribution >= 0.6 is 0 Å². The summed E-state index contributed by atoms with van der Waals surface area (Å²) in [6.07, 6.45) is 1.55. The molecule has 0 bridgehead atoms. The van der Waals surface area contributed by atoms with Crippen molar-refractivity contribution in [3.63, 3.8) is 0 Å². The molecule has 1 aromatic heterocycles. The molecule has 0 unspecified atom stereocenters. The van der Waals surface area contributed by atoms with E-state index in [0.717, 1.165) is 16.8 Å². The summed E-state index contributed by atoms with van der Waals surface area (Å²) in [4.78, 5) is 14.9. The zero-order valence-corrected chi connectivity index (χ0v) is 12.0. The predicted molar refractivity (Wildman–Crippen MR) is 79.7 cm³/mol. The van der Waals surface area contributed by atoms with Crippen molar-refractivity contribution in [1.29, 1.82) is 5.26 Å². The highest BCUT2D eigenvalue weighted by molar-refractivity contribution is 5.70. The lowest BCUT2D eigenvalue weighted by Crippen LogP contribution is -2.13. The van der Waals surface area contributed by atoms with Crippen molar-refractivity contribution >= 4 is 5.97 Å². The SMILES string of the molecule is CC(C)(C#N)c1ccc(-c2ccc(CC(=O)O)cn2)cc1. The van der Waals surface area contributed by atoms with E-state index in [1.54, 1.807) is 12.3 Å². The van der Waals surface area contributed by atoms with E-state index in [9.17, 15) is 4.79 Å². The summed E-state index contributed by atoms with van der Waals surface area (Å²) in [5, 5.41) is 17.9. The minimum Gasteiger partial charge on any atom is -0.481 e. The zero-order chi connectivity index (χ0) is 15.5. The van der Waals surface area contributed by atoms with Crippen LogP contribution < -0.4 is 0 Å². The fraction of sp³-hybridized carbons (Fsp3) is 0.235. The van der Waals surface area contributed by atoms with Gasteiger partial charge in [-0.25, -0.2) is 0 Å². The molecule has 4 nitrogen and oxygen atoms in total. The number of aromatic nitrogens is 1. The second kappa shape index (κ2) is 5.76. The van der Waals surface area contributed by atoms with Gasteiger partial charge in [-0.1, -0.05) is 30.3 Å². The van der Waals surface area contributed by atoms with Crippen LogP contribution in [0.25, 0.3) is 11.3 Å². The van der Waals surface area contributed by atoms with E-state index >= 15 is 0 Å². The third-order valence-corrected chi connectivity index (χ3v) is 3.36. The Kier molecular flexibility index (Phi) is 4.04. The molecule has 0 atom stereocenters. The van der Waals surface area contributed by atoms with Crippen molar-refractivity contribution in [1.82, 2.24) is 4.98 Å². The number of carboxylic acid groups (broad SMARTS) is 1. The van der Waals surface area contributed by atoms with Crippen LogP contribution in [0.3, 0.4) is 0 Å². The molecule has 0 aliphatic carbocycles. The maximum Gasteiger partial charge on any atom is 0.307 e. The van der Waals surface area contributed by atoms with Gasteiger partial charge in [0.1, 0.15) is 0 Å². The molecule has 2 rings (SSSR count). The molecular weight excluding hydrogens is 264 g/mol. The maximum absolute atomic E-state index is 10.6. The van der Waals surface area contributed by atoms with E-state index in [0.29, 0.717) is 5.56 Å². The van der Waals surface area contributed by atoms with E-state index in [4.69, 9.17) is 10.4 Å². The Morgan fingerprint density at radius 1 is 1.24 bits per heavy atom. The Balaban J connectivity index is 2.23. The number of benzene rings is 1. The molecule has 0 aliphatic rings. The molecule has 0 aliphatic heterocycles. The Morgan fingerprint density at radius 2 is 1.90 bits per heavy atom. The minimum atomic E-state index is -0.868. The topological polar surface area (TPSA) is 74.0 Å². The lowest BCUT2D eigenvalue weighted by Gasteiger charge is -2.15. The van der Waals surface area contributed by atoms with Crippen LogP contribution in [0, 0.1) is 11.3 Å². The summed E-state index contributed by atoms with van der Waals surface area (Å²) in [6.45, 7) is 3.75. The maximum atomic E-state index is 10.6. The van der Waals surface area contributed by atoms with Gasteiger partial charge in [-0.3, -0.25) is 9.78 Å². The number of aliphatic carboxylic acids is 1. The molecule has 0 fully saturated rings. The third kappa shape index (κ3) is 3.46. The molecule has 106 valence electrons. The van der Waals surface area contributed by atoms with Crippen molar-refractivity contribution in [2.24, 2.45) is 0 Å². The van der Waals surface area contributed by atoms with Gasteiger partial charge in [-0.2, -0.15) is 5.26 Å². The van der Waals surface area contributed by atoms with Gasteiger partial charge in [0.2, 0.25) is 0 Å². The summed E-state index contributed by atoms with van der Waals surface area (Å²) in [5.74, 6) is -0.868. The molecule has 21 heavy (non-hydrogen) atoms. The number of carbonyl (C=O) groups is 1. The summed E-state index contributed by atoms with van der Waals surface area (Å²) in [5.41, 5.74) is 2.83. The molecule has 0 saturated heterocycles. The number of nitrogens with zero attached hydrogens (tertiary/aromatic N) is 2. The van der Waals surface area contributed by atoms with Gasteiger partial charge in [0.25, 0.3) is 0 Å². The normalized spacial score (nSPS) is 10.9. The van der Waals surface area contributed by atoms with Gasteiger partial charge < -0.3 is 5.11 Å². The van der Waals surface area contributed by atoms with Crippen molar-refractivity contribution in [3.8, 4) is 17.3 Å². The van der Waals surface area contributed by atoms with Gasteiger partial charge in [0, 0.05) is 11.8 Å². The van der Waals surface area contributed by atoms with Gasteiger partial charge >= 0.3 is 5.97 Å². The average molecular weight is 280 g/mol. The van der Waals surface area contributed by atoms with E-state index in [1.807, 2.05) is 44.2 Å². The number of pyridine rings is 1. The highest BCUT2D eigenvalue weighted by Crippen LogP contribution is 2.25. The lowest BCUT2D eigenvalue weighted by molar-refractivity contribution is -0.136. The van der Waals surface area contributed by atoms with Gasteiger partial charge in [0.05, 0.1) is 23.6 Å². The standard InChI is InChI=1S/C17H16N2O2/c1-17(2,11-18)14-6-4-13(5-7-14)15-8-3-12(10-19-15)9-16(20)21/h3-8,10H,9H2,1-2H3,(H,20,21). The van der Waals surface area contributed by atoms with Crippen molar-refractivity contribution in [3.05, 3.63) is 53.7 Å². The van der Waals surface area contributed by atoms with Crippen LogP contribution in [0.15, 0.2) is 42.6 Å². The summed E-state index contributed by atoms with van der Waals surface area (Å²) < 4.78 is 0. The van der Waals surface area contributed by atoms with Crippen LogP contribution in [0.1, 0.15) is 25.0 Å². The van der Waals surface area contributed by atoms with Gasteiger partial charge in [0.15, 0.2) is 0 Å². The summed E-state index contributed by atoms with van der Waals surface area (Å²) in [7, 11) is 0. The quantitative estimate of drug-likeness (QED) is 0.933. The molecule has 4 heteroatoms. The van der Waals surface area contributed by atoms with Crippen LogP contribution in [0.5, 0.6) is 0 Å². The number of hydrogen-bond donors (Lipinski definition) is 1. The molecule has 1 N–H and O–H groups in total. The second-order valence-corrected chi connectivity index (χ2v) is 5.44. The Hall–Kier alpha value is -2.67. The highest BCUT2D eigenvalue weighted by atomic mass is 16.4. The zero-order valence-electron chi connectivity index (χ0n) is 12.0. The fourth-order valence-electron chi connectivity index (χ4n) is 2.00. The van der Waals surface area contributed by atoms with Crippen LogP contribution in [0.2, 0.25) is 0 Å². The molecule has 1 aromatic carbocycles. The van der Waals surface area contributed by atoms with Crippen LogP contribution in [-0.2, 0) is 16.6 Å². The Labute approximate surface area is 123 Å². The van der Waals surface area contributed by atoms with Crippen molar-refractivity contribution in [2.75, 3.05) is 0 Å². The van der Waals surface area contributed by atoms with Gasteiger partial charge in [-0.05, 0) is 31.0 Å². The second-order valence-electron chi connectivity index (χ2n) is 5.44. The molecule has 0 saturated carbocycles. The Morgan fingerprint density at radius 3 is 2.38 bits per heavy atom. The third-order valence-electron chi connectivity index (χ3n) is 3.36. The first-order valence-corrected chi connectivity index (χ1v) is 6.61. The lowest BCUT2D eigenvalue weighted by atomic mass is 9.86. The number of carboxylic acids is 1. The van der Waals surface area contributed by atoms with E-state index in [-0.39, 0.29) is 6.42 Å². The summed E-state index contributed by atoms with van der Waals surface area (Å²) >= 11 is 0. The average Bonchev–Trinajstić information content (AvgIpc) is 2.47. The molecule has 0 spiro atoms. The fourth-order valence-corrected chi connectivity index (χ4v) is 2.00. The molecular formula is C17H16N2O2. The van der Waals surface area contributed by atoms with Crippen molar-refractivity contribution < 1.29 is 9.90 Å². The van der Waals surface area contributed by atoms with E-state index in [1.165, 1.54) is 0 Å². The van der Waals surface area contributed by atoms with Crippen LogP contribution in [-0.4, -0.2) is 16.1 Å². The molecule has 1 heterocycles. The van der Waals surface area contributed by atoms with Crippen molar-refractivity contribution in [2.45, 2.75) is 25.7 Å². The first kappa shape index (κ1) is 14.7. The molecule has 0 radical (unpaired) electrons. The minimum absolute atomic E-state index is 0.0252. The van der Waals surface area contributed by atoms with Crippen LogP contribution in [0.4, 0.5) is 0 Å². The van der Waals surface area contributed by atoms with E-state index in [2.05, 4.69) is 11.1 Å². The predicted octanol–water partition coefficient (Wildman–Crippen LogP) is 3.18. The smallest absolute Gasteiger partial charge is 0.307 e.